The molecule has 0 aliphatic rings. The molecule has 0 amide bonds. The van der Waals surface area contributed by atoms with E-state index in [0.29, 0.717) is 50.4 Å². The van der Waals surface area contributed by atoms with E-state index in [1.807, 2.05) is 36.4 Å². The number of carbonyl (C=O) groups is 1. The van der Waals surface area contributed by atoms with Crippen LogP contribution < -0.4 is 22.2 Å². The number of aryl methyl sites for hydroxylation is 7. The Balaban J connectivity index is 0.000000236. The first-order chi connectivity index (χ1) is 31.7. The third-order valence-corrected chi connectivity index (χ3v) is 12.8. The van der Waals surface area contributed by atoms with Crippen LogP contribution in [0.25, 0.3) is 43.6 Å². The zero-order chi connectivity index (χ0) is 50.2. The van der Waals surface area contributed by atoms with Crippen LogP contribution in [0.1, 0.15) is 33.4 Å². The number of fused-ring (bicyclic) bond motifs is 4. The van der Waals surface area contributed by atoms with Crippen LogP contribution in [0, 0.1) is 49.0 Å². The summed E-state index contributed by atoms with van der Waals surface area (Å²) >= 11 is 14.0. The molecule has 0 unspecified atom stereocenters. The van der Waals surface area contributed by atoms with Gasteiger partial charge in [-0.15, -0.1) is 18.2 Å². The second-order valence-electron chi connectivity index (χ2n) is 15.1. The predicted octanol–water partition coefficient (Wildman–Crippen LogP) is 11.6. The van der Waals surface area contributed by atoms with Gasteiger partial charge in [0.05, 0.1) is 31.0 Å². The minimum absolute atomic E-state index is 0. The van der Waals surface area contributed by atoms with Crippen LogP contribution in [0.4, 0.5) is 17.6 Å². The van der Waals surface area contributed by atoms with Crippen LogP contribution in [0.5, 0.6) is 0 Å². The predicted molar refractivity (Wildman–Crippen MR) is 279 cm³/mol. The summed E-state index contributed by atoms with van der Waals surface area (Å²) in [6.45, 7) is 9.12. The molecule has 0 saturated heterocycles. The summed E-state index contributed by atoms with van der Waals surface area (Å²) in [6.07, 6.45) is 2.68. The van der Waals surface area contributed by atoms with E-state index in [4.69, 9.17) is 11.6 Å². The zero-order valence-electron chi connectivity index (χ0n) is 37.9. The van der Waals surface area contributed by atoms with E-state index in [-0.39, 0.29) is 74.8 Å². The van der Waals surface area contributed by atoms with Gasteiger partial charge >= 0.3 is 0 Å². The van der Waals surface area contributed by atoms with Crippen molar-refractivity contribution in [3.05, 3.63) is 197 Å². The third kappa shape index (κ3) is 12.2. The second kappa shape index (κ2) is 25.3. The van der Waals surface area contributed by atoms with Crippen molar-refractivity contribution in [1.29, 1.82) is 0 Å². The molecule has 0 bridgehead atoms. The van der Waals surface area contributed by atoms with Crippen molar-refractivity contribution in [3.63, 3.8) is 0 Å². The molecule has 0 fully saturated rings. The standard InChI is InChI=1S/C14H14FNO.C13H12FNO2.C11H8BrClFNO.C11H9BrFNO.CH2I.V/c1-4-5-11-12(15)7-6-10-9(2)8-13(17)16(3)14(10)11;1-8-7-12(17)15(2)13-9(8)3-4-11(14)10(13)5-6-16;1-15-9(16)4-6(5-13)7-2-3-8(14)10(12)11(7)15;1-6-5-9(15)14(2)11-7(6)3-4-8(13)10(11)12;1-2;/h4,6-8H,1,5H2,2-3H3;3-4,6-7H,5H2,1-2H3;2-4H,5H2,1H3;3-5H,1-2H3;1H2;/q;;;;-1;. The van der Waals surface area contributed by atoms with Crippen LogP contribution in [0.3, 0.4) is 0 Å². The Morgan fingerprint density at radius 1 is 0.559 bits per heavy atom. The van der Waals surface area contributed by atoms with Crippen LogP contribution in [0.2, 0.25) is 0 Å². The number of pyridine rings is 4. The fourth-order valence-electron chi connectivity index (χ4n) is 7.51. The van der Waals surface area contributed by atoms with Gasteiger partial charge < -0.3 is 45.7 Å². The Kier molecular flexibility index (Phi) is 21.5. The van der Waals surface area contributed by atoms with Gasteiger partial charge in [-0.1, -0.05) is 6.08 Å². The van der Waals surface area contributed by atoms with E-state index in [1.54, 1.807) is 77.6 Å². The molecule has 18 heteroatoms. The number of benzene rings is 4. The van der Waals surface area contributed by atoms with E-state index < -0.39 is 11.6 Å². The van der Waals surface area contributed by atoms with Crippen molar-refractivity contribution in [2.45, 2.75) is 39.5 Å². The van der Waals surface area contributed by atoms with Crippen molar-refractivity contribution in [2.24, 2.45) is 28.2 Å². The maximum atomic E-state index is 13.8. The average Bonchev–Trinajstić information content (AvgIpc) is 3.30. The van der Waals surface area contributed by atoms with Crippen LogP contribution in [-0.4, -0.2) is 24.6 Å². The quantitative estimate of drug-likeness (QED) is 0.0426. The molecule has 4 aromatic carbocycles. The van der Waals surface area contributed by atoms with Crippen LogP contribution >= 0.6 is 66.1 Å². The summed E-state index contributed by atoms with van der Waals surface area (Å²) in [7, 11) is 6.48. The van der Waals surface area contributed by atoms with Gasteiger partial charge in [-0.2, -0.15) is 0 Å². The topological polar surface area (TPSA) is 105 Å². The first-order valence-corrected chi connectivity index (χ1v) is 23.7. The molecular formula is C50H45Br2ClF4IN4O5V-. The van der Waals surface area contributed by atoms with E-state index in [2.05, 4.69) is 43.4 Å². The zero-order valence-corrected chi connectivity index (χ0v) is 45.4. The SMILES string of the molecule is C=CCc1c(F)ccc2c(C)cc(=O)n(C)c12.Cc1cc(=O)n(C)c2c(Br)c(F)ccc12.Cc1cc(=O)n(C)c2c(CC=O)c(F)ccc12.Cn1c(=O)cc(CCl)c2ccc(F)c(Br)c21.[CH2-]I.[V]. The number of rotatable bonds is 5. The number of halogens is 8. The number of aldehydes is 1. The number of alkyl halides is 1. The molecule has 9 nitrogen and oxygen atoms in total. The molecule has 0 aliphatic heterocycles. The van der Waals surface area contributed by atoms with Crippen molar-refractivity contribution in [2.75, 3.05) is 0 Å². The molecule has 0 aliphatic carbocycles. The van der Waals surface area contributed by atoms with Crippen LogP contribution in [0.15, 0.2) is 114 Å². The molecule has 4 heterocycles. The minimum Gasteiger partial charge on any atom is -0.319 e. The largest absolute Gasteiger partial charge is 0.319 e. The van der Waals surface area contributed by atoms with Crippen molar-refractivity contribution in [3.8, 4) is 0 Å². The number of hydrogen-bond acceptors (Lipinski definition) is 5. The van der Waals surface area contributed by atoms with E-state index in [0.717, 1.165) is 38.2 Å². The molecule has 8 aromatic rings. The summed E-state index contributed by atoms with van der Waals surface area (Å²) in [4.78, 5) is 60.4. The van der Waals surface area contributed by atoms with Gasteiger partial charge in [0.2, 0.25) is 0 Å². The van der Waals surface area contributed by atoms with Gasteiger partial charge in [-0.3, -0.25) is 24.1 Å². The Labute approximate surface area is 436 Å². The molecule has 1 radical (unpaired) electrons. The molecule has 68 heavy (non-hydrogen) atoms. The van der Waals surface area contributed by atoms with Crippen molar-refractivity contribution >= 4 is 116 Å². The fourth-order valence-corrected chi connectivity index (χ4v) is 8.95. The summed E-state index contributed by atoms with van der Waals surface area (Å²) < 4.78 is 60.5. The fraction of sp³-hybridized carbons (Fsp3) is 0.200. The van der Waals surface area contributed by atoms with Gasteiger partial charge in [0.25, 0.3) is 22.2 Å². The van der Waals surface area contributed by atoms with E-state index >= 15 is 0 Å². The van der Waals surface area contributed by atoms with Gasteiger partial charge in [-0.25, -0.2) is 17.6 Å². The average molecular weight is 1230 g/mol. The smallest absolute Gasteiger partial charge is 0.251 e. The number of aromatic nitrogens is 4. The summed E-state index contributed by atoms with van der Waals surface area (Å²) in [5.74, 6) is -1.27. The summed E-state index contributed by atoms with van der Waals surface area (Å²) in [5.41, 5.74) is 5.67. The van der Waals surface area contributed by atoms with Gasteiger partial charge in [0, 0.05) is 116 Å². The molecule has 0 spiro atoms. The number of nitrogens with zero attached hydrogens (tertiary/aromatic N) is 4. The Bertz CT molecular complexity index is 3350. The number of allylic oxidation sites excluding steroid dienone is 1. The van der Waals surface area contributed by atoms with Crippen molar-refractivity contribution < 1.29 is 40.9 Å². The Morgan fingerprint density at radius 3 is 1.24 bits per heavy atom. The monoisotopic (exact) mass is 1230 g/mol. The normalized spacial score (nSPS) is 10.5. The molecule has 0 atom stereocenters. The van der Waals surface area contributed by atoms with E-state index in [1.165, 1.54) is 54.7 Å². The Morgan fingerprint density at radius 2 is 0.868 bits per heavy atom. The summed E-state index contributed by atoms with van der Waals surface area (Å²) in [6, 6.07) is 18.3. The molecular weight excluding hydrogens is 1190 g/mol. The third-order valence-electron chi connectivity index (χ3n) is 11.0. The maximum Gasteiger partial charge on any atom is 0.251 e. The van der Waals surface area contributed by atoms with Crippen molar-refractivity contribution in [1.82, 2.24) is 18.3 Å². The first kappa shape index (κ1) is 57.7. The van der Waals surface area contributed by atoms with Crippen LogP contribution in [-0.2, 0) is 70.3 Å². The minimum atomic E-state index is -0.454. The van der Waals surface area contributed by atoms with E-state index in [9.17, 15) is 41.5 Å². The second-order valence-corrected chi connectivity index (χ2v) is 17.0. The number of hydrogen-bond donors (Lipinski definition) is 0. The van der Waals surface area contributed by atoms with Gasteiger partial charge in [-0.05, 0) is 130 Å². The molecule has 8 rings (SSSR count). The molecule has 357 valence electrons. The van der Waals surface area contributed by atoms with Gasteiger partial charge in [0.1, 0.15) is 29.6 Å². The molecule has 0 saturated carbocycles. The molecule has 0 N–H and O–H groups in total. The number of carbonyl (C=O) groups excluding carboxylic acids is 1. The first-order valence-electron chi connectivity index (χ1n) is 20.0. The Hall–Kier alpha value is -4.59. The molecule has 4 aromatic heterocycles. The summed E-state index contributed by atoms with van der Waals surface area (Å²) in [5, 5.41) is 3.37. The van der Waals surface area contributed by atoms with Gasteiger partial charge in [0.15, 0.2) is 0 Å². The maximum absolute atomic E-state index is 13.8.